The van der Waals surface area contributed by atoms with Crippen LogP contribution in [-0.4, -0.2) is 21.9 Å². The molecule has 1 N–H and O–H groups in total. The zero-order valence-corrected chi connectivity index (χ0v) is 15.9. The summed E-state index contributed by atoms with van der Waals surface area (Å²) in [6, 6.07) is 8.14. The van der Waals surface area contributed by atoms with Crippen LogP contribution in [0.5, 0.6) is 5.75 Å². The Balaban J connectivity index is 1.69. The van der Waals surface area contributed by atoms with Crippen LogP contribution in [0, 0.1) is 5.92 Å². The van der Waals surface area contributed by atoms with Crippen LogP contribution in [0.4, 0.5) is 0 Å². The Morgan fingerprint density at radius 2 is 2.31 bits per heavy atom. The minimum atomic E-state index is -0.0225. The van der Waals surface area contributed by atoms with Crippen LogP contribution in [0.15, 0.2) is 35.8 Å². The van der Waals surface area contributed by atoms with Gasteiger partial charge < -0.3 is 10.1 Å². The highest BCUT2D eigenvalue weighted by Crippen LogP contribution is 2.35. The zero-order valence-electron chi connectivity index (χ0n) is 15.1. The molecular formula is C20H23N3O2S. The average Bonchev–Trinajstić information content (AvgIpc) is 3.14. The van der Waals surface area contributed by atoms with Crippen molar-refractivity contribution in [2.24, 2.45) is 5.92 Å². The fraction of sp³-hybridized carbons (Fsp3) is 0.400. The fourth-order valence-electron chi connectivity index (χ4n) is 3.39. The molecule has 0 saturated carbocycles. The summed E-state index contributed by atoms with van der Waals surface area (Å²) in [4.78, 5) is 17.9. The van der Waals surface area contributed by atoms with E-state index in [0.717, 1.165) is 34.1 Å². The minimum Gasteiger partial charge on any atom is -0.494 e. The second kappa shape index (κ2) is 7.11. The number of nitrogens with zero attached hydrogens (tertiary/aromatic N) is 2. The van der Waals surface area contributed by atoms with Gasteiger partial charge in [0, 0.05) is 23.9 Å². The van der Waals surface area contributed by atoms with Gasteiger partial charge in [-0.15, -0.1) is 11.3 Å². The van der Waals surface area contributed by atoms with E-state index in [4.69, 9.17) is 9.72 Å². The van der Waals surface area contributed by atoms with Crippen LogP contribution in [-0.2, 0) is 11.3 Å². The highest BCUT2D eigenvalue weighted by Gasteiger charge is 2.29. The summed E-state index contributed by atoms with van der Waals surface area (Å²) in [5, 5.41) is 5.00. The van der Waals surface area contributed by atoms with E-state index in [9.17, 15) is 4.79 Å². The monoisotopic (exact) mass is 369 g/mol. The van der Waals surface area contributed by atoms with E-state index in [1.54, 1.807) is 11.3 Å². The van der Waals surface area contributed by atoms with Gasteiger partial charge in [0.2, 0.25) is 5.91 Å². The highest BCUT2D eigenvalue weighted by molar-refractivity contribution is 7.15. The van der Waals surface area contributed by atoms with Gasteiger partial charge in [0.15, 0.2) is 4.96 Å². The Morgan fingerprint density at radius 1 is 1.42 bits per heavy atom. The summed E-state index contributed by atoms with van der Waals surface area (Å²) in [5.74, 6) is 1.51. The van der Waals surface area contributed by atoms with Crippen molar-refractivity contribution in [3.63, 3.8) is 0 Å². The van der Waals surface area contributed by atoms with Crippen molar-refractivity contribution >= 4 is 22.2 Å². The molecule has 136 valence electrons. The molecular weight excluding hydrogens is 346 g/mol. The van der Waals surface area contributed by atoms with E-state index >= 15 is 0 Å². The molecule has 3 aromatic rings. The second-order valence-corrected chi connectivity index (χ2v) is 8.01. The average molecular weight is 369 g/mol. The van der Waals surface area contributed by atoms with Gasteiger partial charge in [0.25, 0.3) is 0 Å². The highest BCUT2D eigenvalue weighted by atomic mass is 32.1. The zero-order chi connectivity index (χ0) is 18.1. The van der Waals surface area contributed by atoms with E-state index in [-0.39, 0.29) is 11.8 Å². The van der Waals surface area contributed by atoms with Gasteiger partial charge in [-0.2, -0.15) is 0 Å². The summed E-state index contributed by atoms with van der Waals surface area (Å²) < 4.78 is 8.05. The lowest BCUT2D eigenvalue weighted by Gasteiger charge is -2.17. The van der Waals surface area contributed by atoms with Crippen molar-refractivity contribution in [3.8, 4) is 5.75 Å². The minimum absolute atomic E-state index is 0.0225. The molecule has 3 heterocycles. The van der Waals surface area contributed by atoms with E-state index < -0.39 is 0 Å². The number of imidazole rings is 1. The molecule has 1 aliphatic heterocycles. The number of thiazole rings is 1. The predicted molar refractivity (Wildman–Crippen MR) is 103 cm³/mol. The van der Waals surface area contributed by atoms with Crippen LogP contribution >= 0.6 is 11.3 Å². The van der Waals surface area contributed by atoms with Gasteiger partial charge in [-0.1, -0.05) is 26.0 Å². The first-order chi connectivity index (χ1) is 12.6. The first-order valence-electron chi connectivity index (χ1n) is 9.05. The molecule has 0 radical (unpaired) electrons. The lowest BCUT2D eigenvalue weighted by Crippen LogP contribution is -2.21. The van der Waals surface area contributed by atoms with Gasteiger partial charge in [-0.05, 0) is 30.0 Å². The summed E-state index contributed by atoms with van der Waals surface area (Å²) in [6.45, 7) is 5.58. The smallest absolute Gasteiger partial charge is 0.221 e. The number of carbonyl (C=O) groups is 1. The van der Waals surface area contributed by atoms with Gasteiger partial charge in [-0.3, -0.25) is 9.20 Å². The number of fused-ring (bicyclic) bond motifs is 3. The van der Waals surface area contributed by atoms with Crippen LogP contribution < -0.4 is 10.1 Å². The number of amides is 1. The summed E-state index contributed by atoms with van der Waals surface area (Å²) >= 11 is 1.62. The lowest BCUT2D eigenvalue weighted by molar-refractivity contribution is -0.121. The summed E-state index contributed by atoms with van der Waals surface area (Å²) in [6.07, 6.45) is 3.49. The molecule has 0 fully saturated rings. The van der Waals surface area contributed by atoms with Gasteiger partial charge >= 0.3 is 0 Å². The van der Waals surface area contributed by atoms with Gasteiger partial charge in [-0.25, -0.2) is 4.98 Å². The molecule has 1 aromatic carbocycles. The number of hydrogen-bond acceptors (Lipinski definition) is 4. The van der Waals surface area contributed by atoms with Crippen molar-refractivity contribution in [3.05, 3.63) is 52.8 Å². The fourth-order valence-corrected chi connectivity index (χ4v) is 4.13. The largest absolute Gasteiger partial charge is 0.494 e. The van der Waals surface area contributed by atoms with Gasteiger partial charge in [0.1, 0.15) is 5.75 Å². The topological polar surface area (TPSA) is 55.6 Å². The van der Waals surface area contributed by atoms with Crippen LogP contribution in [0.3, 0.4) is 0 Å². The lowest BCUT2D eigenvalue weighted by atomic mass is 9.91. The molecule has 26 heavy (non-hydrogen) atoms. The molecule has 5 nitrogen and oxygen atoms in total. The molecule has 1 amide bonds. The van der Waals surface area contributed by atoms with E-state index in [0.29, 0.717) is 25.5 Å². The quantitative estimate of drug-likeness (QED) is 0.740. The summed E-state index contributed by atoms with van der Waals surface area (Å²) in [7, 11) is 0. The van der Waals surface area contributed by atoms with Crippen LogP contribution in [0.2, 0.25) is 0 Å². The molecule has 0 aliphatic carbocycles. The van der Waals surface area contributed by atoms with Crippen molar-refractivity contribution in [2.75, 3.05) is 6.61 Å². The second-order valence-electron chi connectivity index (χ2n) is 7.14. The Bertz CT molecular complexity index is 928. The Hall–Kier alpha value is -2.34. The Morgan fingerprint density at radius 3 is 3.15 bits per heavy atom. The van der Waals surface area contributed by atoms with Crippen molar-refractivity contribution < 1.29 is 9.53 Å². The number of hydrogen-bond donors (Lipinski definition) is 1. The molecule has 1 atom stereocenters. The van der Waals surface area contributed by atoms with E-state index in [2.05, 4.69) is 35.7 Å². The maximum Gasteiger partial charge on any atom is 0.221 e. The molecule has 1 aliphatic rings. The molecule has 0 saturated heterocycles. The Kier molecular flexibility index (Phi) is 4.68. The molecule has 2 aromatic heterocycles. The first-order valence-corrected chi connectivity index (χ1v) is 9.93. The van der Waals surface area contributed by atoms with Crippen molar-refractivity contribution in [2.45, 2.75) is 39.2 Å². The number of benzene rings is 1. The normalized spacial score (nSPS) is 17.2. The van der Waals surface area contributed by atoms with E-state index in [1.165, 1.54) is 0 Å². The SMILES string of the molecule is CC(C)CCOc1cccc([C@@H]2CC(=O)NCc3nc4sccn4c32)c1. The third-order valence-corrected chi connectivity index (χ3v) is 5.53. The molecule has 4 rings (SSSR count). The number of rotatable bonds is 5. The molecule has 0 spiro atoms. The molecule has 0 bridgehead atoms. The number of aromatic nitrogens is 2. The molecule has 0 unspecified atom stereocenters. The van der Waals surface area contributed by atoms with Crippen LogP contribution in [0.1, 0.15) is 49.6 Å². The predicted octanol–water partition coefficient (Wildman–Crippen LogP) is 3.97. The Labute approximate surface area is 157 Å². The van der Waals surface area contributed by atoms with Crippen molar-refractivity contribution in [1.29, 1.82) is 0 Å². The van der Waals surface area contributed by atoms with Gasteiger partial charge in [0.05, 0.1) is 24.5 Å². The van der Waals surface area contributed by atoms with Crippen molar-refractivity contribution in [1.82, 2.24) is 14.7 Å². The standard InChI is InChI=1S/C20H23N3O2S/c1-13(2)6-8-25-15-5-3-4-14(10-15)16-11-18(24)21-12-17-19(16)23-7-9-26-20(23)22-17/h3-5,7,9-10,13,16H,6,8,11-12H2,1-2H3,(H,21,24)/t16-/m0/s1. The maximum atomic E-state index is 12.3. The van der Waals surface area contributed by atoms with Crippen LogP contribution in [0.25, 0.3) is 4.96 Å². The number of ether oxygens (including phenoxy) is 1. The molecule has 6 heteroatoms. The maximum absolute atomic E-state index is 12.3. The number of nitrogens with one attached hydrogen (secondary N) is 1. The van der Waals surface area contributed by atoms with E-state index in [1.807, 2.05) is 23.7 Å². The summed E-state index contributed by atoms with van der Waals surface area (Å²) in [5.41, 5.74) is 3.16. The number of carbonyl (C=O) groups excluding carboxylic acids is 1. The first kappa shape index (κ1) is 17.1. The third-order valence-electron chi connectivity index (χ3n) is 4.77. The third kappa shape index (κ3) is 3.33.